The highest BCUT2D eigenvalue weighted by molar-refractivity contribution is 5.29. The molecule has 1 nitrogen and oxygen atoms in total. The first kappa shape index (κ1) is 8.49. The van der Waals surface area contributed by atoms with E-state index in [4.69, 9.17) is 5.73 Å². The zero-order valence-electron chi connectivity index (χ0n) is 8.45. The molecule has 74 valence electrons. The van der Waals surface area contributed by atoms with Crippen LogP contribution in [-0.2, 0) is 0 Å². The minimum absolute atomic E-state index is 0.209. The van der Waals surface area contributed by atoms with Crippen molar-refractivity contribution in [3.63, 3.8) is 0 Å². The molecular formula is C13H17N. The summed E-state index contributed by atoms with van der Waals surface area (Å²) in [6.45, 7) is 0. The molecule has 0 amide bonds. The van der Waals surface area contributed by atoms with Crippen molar-refractivity contribution >= 4 is 0 Å². The second kappa shape index (κ2) is 2.83. The smallest absolute Gasteiger partial charge is 0.0188 e. The van der Waals surface area contributed by atoms with Crippen LogP contribution in [0.4, 0.5) is 0 Å². The van der Waals surface area contributed by atoms with Crippen molar-refractivity contribution in [2.24, 2.45) is 11.7 Å². The van der Waals surface area contributed by atoms with Gasteiger partial charge in [0.05, 0.1) is 0 Å². The first-order chi connectivity index (χ1) is 6.80. The van der Waals surface area contributed by atoms with Crippen LogP contribution in [0, 0.1) is 5.92 Å². The molecule has 0 aromatic heterocycles. The highest BCUT2D eigenvalue weighted by Crippen LogP contribution is 2.57. The van der Waals surface area contributed by atoms with Gasteiger partial charge in [-0.1, -0.05) is 30.3 Å². The fourth-order valence-corrected chi connectivity index (χ4v) is 2.85. The van der Waals surface area contributed by atoms with Crippen LogP contribution in [-0.4, -0.2) is 5.54 Å². The van der Waals surface area contributed by atoms with Gasteiger partial charge in [0.25, 0.3) is 0 Å². The second-order valence-electron chi connectivity index (χ2n) is 4.95. The average Bonchev–Trinajstić information content (AvgIpc) is 2.95. The number of rotatable bonds is 2. The molecule has 2 aliphatic carbocycles. The van der Waals surface area contributed by atoms with E-state index in [0.29, 0.717) is 0 Å². The summed E-state index contributed by atoms with van der Waals surface area (Å²) >= 11 is 0. The summed E-state index contributed by atoms with van der Waals surface area (Å²) in [6.07, 6.45) is 5.16. The molecule has 2 N–H and O–H groups in total. The summed E-state index contributed by atoms with van der Waals surface area (Å²) in [7, 11) is 0. The fraction of sp³-hybridized carbons (Fsp3) is 0.538. The van der Waals surface area contributed by atoms with Crippen LogP contribution in [0.3, 0.4) is 0 Å². The Bertz CT molecular complexity index is 326. The van der Waals surface area contributed by atoms with Crippen LogP contribution in [0.1, 0.15) is 37.2 Å². The molecule has 0 bridgehead atoms. The Morgan fingerprint density at radius 1 is 1.14 bits per heavy atom. The van der Waals surface area contributed by atoms with Crippen molar-refractivity contribution in [2.75, 3.05) is 0 Å². The number of hydrogen-bond acceptors (Lipinski definition) is 1. The van der Waals surface area contributed by atoms with Gasteiger partial charge in [0.1, 0.15) is 0 Å². The van der Waals surface area contributed by atoms with Crippen LogP contribution in [0.2, 0.25) is 0 Å². The van der Waals surface area contributed by atoms with E-state index in [2.05, 4.69) is 30.3 Å². The zero-order valence-corrected chi connectivity index (χ0v) is 8.45. The van der Waals surface area contributed by atoms with Crippen molar-refractivity contribution in [1.29, 1.82) is 0 Å². The second-order valence-corrected chi connectivity index (χ2v) is 4.95. The van der Waals surface area contributed by atoms with Crippen LogP contribution < -0.4 is 5.73 Å². The maximum atomic E-state index is 6.34. The largest absolute Gasteiger partial charge is 0.325 e. The number of hydrogen-bond donors (Lipinski definition) is 1. The van der Waals surface area contributed by atoms with Crippen molar-refractivity contribution in [1.82, 2.24) is 0 Å². The van der Waals surface area contributed by atoms with Gasteiger partial charge < -0.3 is 5.73 Å². The third-order valence-corrected chi connectivity index (χ3v) is 4.04. The first-order valence-electron chi connectivity index (χ1n) is 5.63. The molecule has 3 rings (SSSR count). The van der Waals surface area contributed by atoms with E-state index in [1.807, 2.05) is 0 Å². The van der Waals surface area contributed by atoms with Crippen molar-refractivity contribution in [3.05, 3.63) is 35.9 Å². The summed E-state index contributed by atoms with van der Waals surface area (Å²) < 4.78 is 0. The summed E-state index contributed by atoms with van der Waals surface area (Å²) in [5.41, 5.74) is 8.04. The van der Waals surface area contributed by atoms with Crippen LogP contribution in [0.15, 0.2) is 30.3 Å². The van der Waals surface area contributed by atoms with Gasteiger partial charge in [0.15, 0.2) is 0 Å². The van der Waals surface area contributed by atoms with Gasteiger partial charge in [0, 0.05) is 5.54 Å². The summed E-state index contributed by atoms with van der Waals surface area (Å²) in [5.74, 6) is 1.54. The summed E-state index contributed by atoms with van der Waals surface area (Å²) in [5, 5.41) is 0. The molecule has 2 unspecified atom stereocenters. The van der Waals surface area contributed by atoms with E-state index in [9.17, 15) is 0 Å². The molecule has 1 heteroatoms. The minimum Gasteiger partial charge on any atom is -0.325 e. The normalized spacial score (nSPS) is 33.5. The van der Waals surface area contributed by atoms with Crippen molar-refractivity contribution in [3.8, 4) is 0 Å². The molecule has 0 radical (unpaired) electrons. The third-order valence-electron chi connectivity index (χ3n) is 4.04. The monoisotopic (exact) mass is 187 g/mol. The van der Waals surface area contributed by atoms with Gasteiger partial charge in [-0.15, -0.1) is 0 Å². The summed E-state index contributed by atoms with van der Waals surface area (Å²) in [6, 6.07) is 10.8. The predicted molar refractivity (Wildman–Crippen MR) is 58.1 cm³/mol. The average molecular weight is 187 g/mol. The fourth-order valence-electron chi connectivity index (χ4n) is 2.85. The lowest BCUT2D eigenvalue weighted by Crippen LogP contribution is -2.49. The van der Waals surface area contributed by atoms with Gasteiger partial charge in [-0.25, -0.2) is 0 Å². The predicted octanol–water partition coefficient (Wildman–Crippen LogP) is 2.67. The molecule has 1 aromatic rings. The summed E-state index contributed by atoms with van der Waals surface area (Å²) in [4.78, 5) is 0. The van der Waals surface area contributed by atoms with Crippen molar-refractivity contribution < 1.29 is 0 Å². The van der Waals surface area contributed by atoms with Gasteiger partial charge in [-0.05, 0) is 43.1 Å². The van der Waals surface area contributed by atoms with Crippen molar-refractivity contribution in [2.45, 2.75) is 37.1 Å². The topological polar surface area (TPSA) is 26.0 Å². The maximum absolute atomic E-state index is 6.34. The highest BCUT2D eigenvalue weighted by atomic mass is 14.8. The van der Waals surface area contributed by atoms with E-state index < -0.39 is 0 Å². The standard InChI is InChI=1S/C13H17N/c14-13(7-4-8-13)12-9-11(12)10-5-2-1-3-6-10/h1-3,5-6,11-12H,4,7-9,14H2. The van der Waals surface area contributed by atoms with Gasteiger partial charge in [-0.3, -0.25) is 0 Å². The van der Waals surface area contributed by atoms with E-state index in [1.165, 1.54) is 31.2 Å². The molecule has 0 aliphatic heterocycles. The Kier molecular flexibility index (Phi) is 1.72. The Hall–Kier alpha value is -0.820. The van der Waals surface area contributed by atoms with E-state index in [0.717, 1.165) is 11.8 Å². The first-order valence-corrected chi connectivity index (χ1v) is 5.63. The van der Waals surface area contributed by atoms with Crippen LogP contribution in [0.25, 0.3) is 0 Å². The van der Waals surface area contributed by atoms with E-state index in [-0.39, 0.29) is 5.54 Å². The number of benzene rings is 1. The molecule has 14 heavy (non-hydrogen) atoms. The van der Waals surface area contributed by atoms with Gasteiger partial charge >= 0.3 is 0 Å². The quantitative estimate of drug-likeness (QED) is 0.757. The third kappa shape index (κ3) is 1.19. The minimum atomic E-state index is 0.209. The Morgan fingerprint density at radius 3 is 2.43 bits per heavy atom. The molecule has 2 aliphatic rings. The van der Waals surface area contributed by atoms with Gasteiger partial charge in [0.2, 0.25) is 0 Å². The maximum Gasteiger partial charge on any atom is 0.0188 e. The zero-order chi connectivity index (χ0) is 9.60. The Morgan fingerprint density at radius 2 is 1.86 bits per heavy atom. The number of nitrogens with two attached hydrogens (primary N) is 1. The lowest BCUT2D eigenvalue weighted by atomic mass is 9.73. The Labute approximate surface area is 85.3 Å². The van der Waals surface area contributed by atoms with E-state index >= 15 is 0 Å². The van der Waals surface area contributed by atoms with Crippen LogP contribution in [0.5, 0.6) is 0 Å². The molecule has 2 saturated carbocycles. The molecule has 0 heterocycles. The van der Waals surface area contributed by atoms with E-state index in [1.54, 1.807) is 0 Å². The molecule has 0 spiro atoms. The molecular weight excluding hydrogens is 170 g/mol. The molecule has 2 fully saturated rings. The lowest BCUT2D eigenvalue weighted by molar-refractivity contribution is 0.210. The molecule has 2 atom stereocenters. The molecule has 1 aromatic carbocycles. The lowest BCUT2D eigenvalue weighted by Gasteiger charge is -2.39. The van der Waals surface area contributed by atoms with Gasteiger partial charge in [-0.2, -0.15) is 0 Å². The molecule has 0 saturated heterocycles. The Balaban J connectivity index is 1.74. The van der Waals surface area contributed by atoms with Crippen LogP contribution >= 0.6 is 0 Å². The highest BCUT2D eigenvalue weighted by Gasteiger charge is 2.53. The SMILES string of the molecule is NC1(C2CC2c2ccccc2)CCC1.